The molecule has 2 aliphatic rings. The normalized spacial score (nSPS) is 36.9. The second kappa shape index (κ2) is 3.63. The highest BCUT2D eigenvalue weighted by molar-refractivity contribution is 5.73. The lowest BCUT2D eigenvalue weighted by Gasteiger charge is -2.40. The molecular formula is C12H18O3. The highest BCUT2D eigenvalue weighted by atomic mass is 16.4. The van der Waals surface area contributed by atoms with Crippen molar-refractivity contribution in [3.05, 3.63) is 11.6 Å². The number of fused-ring (bicyclic) bond motifs is 2. The van der Waals surface area contributed by atoms with Gasteiger partial charge < -0.3 is 10.2 Å². The molecule has 1 fully saturated rings. The second-order valence-corrected chi connectivity index (χ2v) is 5.22. The maximum absolute atomic E-state index is 10.8. The Morgan fingerprint density at radius 2 is 2.40 bits per heavy atom. The smallest absolute Gasteiger partial charge is 0.333 e. The van der Waals surface area contributed by atoms with Crippen molar-refractivity contribution in [2.24, 2.45) is 11.3 Å². The molecule has 1 saturated carbocycles. The number of hydrogen-bond acceptors (Lipinski definition) is 2. The summed E-state index contributed by atoms with van der Waals surface area (Å²) >= 11 is 0. The number of aliphatic carboxylic acids is 1. The summed E-state index contributed by atoms with van der Waals surface area (Å²) in [4.78, 5) is 10.8. The van der Waals surface area contributed by atoms with Crippen LogP contribution in [0, 0.1) is 11.3 Å². The molecule has 0 aliphatic heterocycles. The first kappa shape index (κ1) is 10.7. The predicted molar refractivity (Wildman–Crippen MR) is 56.4 cm³/mol. The number of hydrogen-bond donors (Lipinski definition) is 2. The molecule has 3 nitrogen and oxygen atoms in total. The van der Waals surface area contributed by atoms with E-state index < -0.39 is 17.5 Å². The van der Waals surface area contributed by atoms with E-state index in [0.29, 0.717) is 5.92 Å². The van der Waals surface area contributed by atoms with Crippen LogP contribution < -0.4 is 0 Å². The Labute approximate surface area is 89.8 Å². The Hall–Kier alpha value is -0.830. The molecule has 15 heavy (non-hydrogen) atoms. The van der Waals surface area contributed by atoms with Gasteiger partial charge >= 0.3 is 5.97 Å². The standard InChI is InChI=1S/C12H18O3/c1-12(10(13)11(14)15)6-8-3-2-4-9(5-8)7-12/h6,9-10,13H,2-5,7H2,1H3,(H,14,15). The molecule has 0 aromatic heterocycles. The molecule has 0 aromatic rings. The number of carboxylic acid groups (broad SMARTS) is 1. The van der Waals surface area contributed by atoms with E-state index in [1.807, 2.05) is 13.0 Å². The minimum absolute atomic E-state index is 0.551. The van der Waals surface area contributed by atoms with Crippen LogP contribution in [0.4, 0.5) is 0 Å². The summed E-state index contributed by atoms with van der Waals surface area (Å²) in [7, 11) is 0. The van der Waals surface area contributed by atoms with Gasteiger partial charge in [0.25, 0.3) is 0 Å². The average Bonchev–Trinajstić information content (AvgIpc) is 2.15. The van der Waals surface area contributed by atoms with Crippen molar-refractivity contribution in [3.63, 3.8) is 0 Å². The molecule has 3 atom stereocenters. The molecule has 0 aromatic carbocycles. The minimum atomic E-state index is -1.26. The fraction of sp³-hybridized carbons (Fsp3) is 0.750. The van der Waals surface area contributed by atoms with Crippen molar-refractivity contribution >= 4 is 5.97 Å². The van der Waals surface area contributed by atoms with Crippen LogP contribution in [0.5, 0.6) is 0 Å². The van der Waals surface area contributed by atoms with Gasteiger partial charge in [-0.3, -0.25) is 0 Å². The lowest BCUT2D eigenvalue weighted by molar-refractivity contribution is -0.152. The third kappa shape index (κ3) is 1.93. The van der Waals surface area contributed by atoms with Gasteiger partial charge in [0.2, 0.25) is 0 Å². The van der Waals surface area contributed by atoms with E-state index in [1.54, 1.807) is 0 Å². The summed E-state index contributed by atoms with van der Waals surface area (Å²) in [6, 6.07) is 0. The molecule has 2 N–H and O–H groups in total. The molecule has 84 valence electrons. The molecular weight excluding hydrogens is 192 g/mol. The molecule has 2 rings (SSSR count). The molecule has 3 unspecified atom stereocenters. The van der Waals surface area contributed by atoms with Crippen LogP contribution in [-0.2, 0) is 4.79 Å². The zero-order valence-electron chi connectivity index (χ0n) is 9.07. The molecule has 0 heterocycles. The molecule has 0 radical (unpaired) electrons. The van der Waals surface area contributed by atoms with Crippen molar-refractivity contribution in [3.8, 4) is 0 Å². The highest BCUT2D eigenvalue weighted by Crippen LogP contribution is 2.45. The highest BCUT2D eigenvalue weighted by Gasteiger charge is 2.41. The summed E-state index contributed by atoms with van der Waals surface area (Å²) < 4.78 is 0. The second-order valence-electron chi connectivity index (χ2n) is 5.22. The summed E-state index contributed by atoms with van der Waals surface area (Å²) in [5.74, 6) is -0.521. The maximum Gasteiger partial charge on any atom is 0.333 e. The van der Waals surface area contributed by atoms with E-state index in [2.05, 4.69) is 0 Å². The first-order valence-electron chi connectivity index (χ1n) is 5.63. The van der Waals surface area contributed by atoms with Gasteiger partial charge in [-0.1, -0.05) is 18.6 Å². The summed E-state index contributed by atoms with van der Waals surface area (Å²) in [5, 5.41) is 18.6. The van der Waals surface area contributed by atoms with E-state index in [4.69, 9.17) is 5.11 Å². The van der Waals surface area contributed by atoms with Crippen molar-refractivity contribution in [1.82, 2.24) is 0 Å². The zero-order valence-corrected chi connectivity index (χ0v) is 9.07. The fourth-order valence-electron chi connectivity index (χ4n) is 3.12. The van der Waals surface area contributed by atoms with E-state index >= 15 is 0 Å². The zero-order chi connectivity index (χ0) is 11.1. The summed E-state index contributed by atoms with van der Waals surface area (Å²) in [5.41, 5.74) is 0.796. The molecule has 0 spiro atoms. The Kier molecular flexibility index (Phi) is 2.59. The molecule has 2 aliphatic carbocycles. The van der Waals surface area contributed by atoms with Crippen LogP contribution in [0.25, 0.3) is 0 Å². The topological polar surface area (TPSA) is 57.5 Å². The predicted octanol–water partition coefficient (Wildman–Crippen LogP) is 1.96. The van der Waals surface area contributed by atoms with E-state index in [1.165, 1.54) is 18.4 Å². The number of aliphatic hydroxyl groups excluding tert-OH is 1. The quantitative estimate of drug-likeness (QED) is 0.685. The number of rotatable bonds is 2. The Morgan fingerprint density at radius 3 is 3.00 bits per heavy atom. The number of carboxylic acids is 1. The third-order valence-electron chi connectivity index (χ3n) is 3.78. The van der Waals surface area contributed by atoms with Gasteiger partial charge in [-0.25, -0.2) is 4.79 Å². The van der Waals surface area contributed by atoms with Crippen LogP contribution in [0.2, 0.25) is 0 Å². The Morgan fingerprint density at radius 1 is 1.67 bits per heavy atom. The van der Waals surface area contributed by atoms with E-state index in [-0.39, 0.29) is 0 Å². The van der Waals surface area contributed by atoms with E-state index in [9.17, 15) is 9.90 Å². The molecule has 3 heteroatoms. The van der Waals surface area contributed by atoms with Gasteiger partial charge in [0.1, 0.15) is 0 Å². The Bertz CT molecular complexity index is 308. The number of allylic oxidation sites excluding steroid dienone is 1. The van der Waals surface area contributed by atoms with Gasteiger partial charge in [-0.15, -0.1) is 0 Å². The summed E-state index contributed by atoms with van der Waals surface area (Å²) in [6.45, 7) is 1.86. The first-order valence-corrected chi connectivity index (χ1v) is 5.63. The van der Waals surface area contributed by atoms with Gasteiger partial charge in [0, 0.05) is 5.41 Å². The molecule has 2 bridgehead atoms. The maximum atomic E-state index is 10.8. The van der Waals surface area contributed by atoms with Crippen LogP contribution >= 0.6 is 0 Å². The first-order chi connectivity index (χ1) is 7.01. The van der Waals surface area contributed by atoms with Crippen LogP contribution in [0.15, 0.2) is 11.6 Å². The van der Waals surface area contributed by atoms with Crippen molar-refractivity contribution in [1.29, 1.82) is 0 Å². The Balaban J connectivity index is 2.25. The summed E-state index contributed by atoms with van der Waals surface area (Å²) in [6.07, 6.45) is 6.16. The van der Waals surface area contributed by atoms with Gasteiger partial charge in [0.05, 0.1) is 0 Å². The number of carbonyl (C=O) groups is 1. The van der Waals surface area contributed by atoms with Crippen LogP contribution in [-0.4, -0.2) is 22.3 Å². The van der Waals surface area contributed by atoms with E-state index in [0.717, 1.165) is 19.3 Å². The van der Waals surface area contributed by atoms with Crippen LogP contribution in [0.1, 0.15) is 39.0 Å². The largest absolute Gasteiger partial charge is 0.479 e. The van der Waals surface area contributed by atoms with Crippen molar-refractivity contribution in [2.75, 3.05) is 0 Å². The lowest BCUT2D eigenvalue weighted by atomic mass is 9.65. The molecule has 0 amide bonds. The van der Waals surface area contributed by atoms with Gasteiger partial charge in [-0.05, 0) is 38.0 Å². The van der Waals surface area contributed by atoms with Gasteiger partial charge in [0.15, 0.2) is 6.10 Å². The average molecular weight is 210 g/mol. The number of aliphatic hydroxyl groups is 1. The van der Waals surface area contributed by atoms with Crippen LogP contribution in [0.3, 0.4) is 0 Å². The molecule has 0 saturated heterocycles. The lowest BCUT2D eigenvalue weighted by Crippen LogP contribution is -2.41. The minimum Gasteiger partial charge on any atom is -0.479 e. The fourth-order valence-corrected chi connectivity index (χ4v) is 3.12. The van der Waals surface area contributed by atoms with Crippen molar-refractivity contribution in [2.45, 2.75) is 45.1 Å². The van der Waals surface area contributed by atoms with Gasteiger partial charge in [-0.2, -0.15) is 0 Å². The SMILES string of the molecule is CC1(C(O)C(=O)O)C=C2CCCC(C2)C1. The monoisotopic (exact) mass is 210 g/mol. The van der Waals surface area contributed by atoms with Crippen molar-refractivity contribution < 1.29 is 15.0 Å². The third-order valence-corrected chi connectivity index (χ3v) is 3.78.